The number of benzene rings is 1. The van der Waals surface area contributed by atoms with Gasteiger partial charge in [-0.05, 0) is 42.9 Å². The Morgan fingerprint density at radius 2 is 1.50 bits per heavy atom. The van der Waals surface area contributed by atoms with Crippen molar-refractivity contribution in [3.05, 3.63) is 28.7 Å². The lowest BCUT2D eigenvalue weighted by Gasteiger charge is -2.02. The van der Waals surface area contributed by atoms with Gasteiger partial charge in [-0.1, -0.05) is 51.1 Å². The number of hydrogen-bond acceptors (Lipinski definition) is 1. The van der Waals surface area contributed by atoms with Crippen molar-refractivity contribution < 1.29 is 0 Å². The van der Waals surface area contributed by atoms with Crippen LogP contribution in [0.5, 0.6) is 0 Å². The highest BCUT2D eigenvalue weighted by atomic mass is 79.9. The molecule has 1 rings (SSSR count). The van der Waals surface area contributed by atoms with E-state index >= 15 is 0 Å². The van der Waals surface area contributed by atoms with E-state index < -0.39 is 0 Å². The summed E-state index contributed by atoms with van der Waals surface area (Å²) in [7, 11) is 0. The van der Waals surface area contributed by atoms with E-state index in [9.17, 15) is 0 Å². The fourth-order valence-electron chi connectivity index (χ4n) is 1.45. The summed E-state index contributed by atoms with van der Waals surface area (Å²) in [5.41, 5.74) is 0. The van der Waals surface area contributed by atoms with Crippen molar-refractivity contribution in [3.8, 4) is 0 Å². The molecule has 0 spiro atoms. The number of hydrogen-bond donors (Lipinski definition) is 0. The fraction of sp³-hybridized carbons (Fsp3) is 0.538. The third-order valence-corrected chi connectivity index (χ3v) is 4.55. The minimum atomic E-state index is 1.15. The molecule has 0 fully saturated rings. The summed E-state index contributed by atoms with van der Waals surface area (Å²) in [6, 6.07) is 8.58. The van der Waals surface area contributed by atoms with Crippen LogP contribution in [0, 0.1) is 0 Å². The van der Waals surface area contributed by atoms with E-state index in [1.165, 1.54) is 42.8 Å². The normalized spacial score (nSPS) is 10.6. The second-order valence-corrected chi connectivity index (χ2v) is 6.64. The number of rotatable bonds is 8. The minimum Gasteiger partial charge on any atom is -0.126 e. The summed E-state index contributed by atoms with van der Waals surface area (Å²) in [4.78, 5) is 1.38. The van der Waals surface area contributed by atoms with Gasteiger partial charge in [-0.3, -0.25) is 0 Å². The maximum atomic E-state index is 3.46. The van der Waals surface area contributed by atoms with Crippen molar-refractivity contribution in [1.82, 2.24) is 0 Å². The Kier molecular flexibility index (Phi) is 8.71. The first-order chi connectivity index (χ1) is 7.83. The van der Waals surface area contributed by atoms with Crippen LogP contribution in [0.4, 0.5) is 0 Å². The Hall–Kier alpha value is 0.530. The molecule has 0 heterocycles. The largest absolute Gasteiger partial charge is 0.126 e. The van der Waals surface area contributed by atoms with Crippen molar-refractivity contribution >= 4 is 43.6 Å². The summed E-state index contributed by atoms with van der Waals surface area (Å²) < 4.78 is 1.16. The molecule has 0 saturated heterocycles. The van der Waals surface area contributed by atoms with Crippen LogP contribution in [-0.2, 0) is 0 Å². The zero-order valence-corrected chi connectivity index (χ0v) is 13.4. The van der Waals surface area contributed by atoms with Gasteiger partial charge < -0.3 is 0 Å². The molecule has 0 atom stereocenters. The Morgan fingerprint density at radius 1 is 0.875 bits per heavy atom. The molecule has 90 valence electrons. The number of unbranched alkanes of at least 4 members (excludes halogenated alkanes) is 4. The van der Waals surface area contributed by atoms with Gasteiger partial charge in [0.05, 0.1) is 0 Å². The molecule has 1 aromatic carbocycles. The SMILES string of the molecule is BrCCCCCCCSc1ccc(Br)cc1. The van der Waals surface area contributed by atoms with Crippen LogP contribution in [0.2, 0.25) is 0 Å². The maximum absolute atomic E-state index is 3.46. The van der Waals surface area contributed by atoms with Gasteiger partial charge in [-0.15, -0.1) is 11.8 Å². The monoisotopic (exact) mass is 364 g/mol. The highest BCUT2D eigenvalue weighted by molar-refractivity contribution is 9.10. The van der Waals surface area contributed by atoms with Crippen LogP contribution < -0.4 is 0 Å². The highest BCUT2D eigenvalue weighted by Gasteiger charge is 1.94. The first kappa shape index (κ1) is 14.6. The molecule has 0 unspecified atom stereocenters. The second kappa shape index (κ2) is 9.55. The van der Waals surface area contributed by atoms with E-state index in [2.05, 4.69) is 56.1 Å². The predicted octanol–water partition coefficient (Wildman–Crippen LogP) is 5.89. The van der Waals surface area contributed by atoms with E-state index in [1.54, 1.807) is 0 Å². The van der Waals surface area contributed by atoms with Crippen molar-refractivity contribution in [2.75, 3.05) is 11.1 Å². The molecule has 0 aliphatic carbocycles. The molecule has 0 aliphatic rings. The summed E-state index contributed by atoms with van der Waals surface area (Å²) in [5.74, 6) is 1.25. The topological polar surface area (TPSA) is 0 Å². The van der Waals surface area contributed by atoms with Crippen LogP contribution in [0.25, 0.3) is 0 Å². The standard InChI is InChI=1S/C13H18Br2S/c14-10-4-2-1-3-5-11-16-13-8-6-12(15)7-9-13/h6-9H,1-5,10-11H2. The van der Waals surface area contributed by atoms with E-state index in [0.29, 0.717) is 0 Å². The molecule has 16 heavy (non-hydrogen) atoms. The number of thioether (sulfide) groups is 1. The van der Waals surface area contributed by atoms with Crippen molar-refractivity contribution in [3.63, 3.8) is 0 Å². The minimum absolute atomic E-state index is 1.15. The molecular weight excluding hydrogens is 348 g/mol. The van der Waals surface area contributed by atoms with E-state index in [1.807, 2.05) is 11.8 Å². The van der Waals surface area contributed by atoms with Crippen LogP contribution in [0.3, 0.4) is 0 Å². The molecule has 0 amide bonds. The summed E-state index contributed by atoms with van der Waals surface area (Å²) in [5, 5.41) is 1.15. The fourth-order valence-corrected chi connectivity index (χ4v) is 3.02. The van der Waals surface area contributed by atoms with Gasteiger partial charge in [-0.25, -0.2) is 0 Å². The number of alkyl halides is 1. The average Bonchev–Trinajstić information content (AvgIpc) is 2.30. The van der Waals surface area contributed by atoms with Gasteiger partial charge in [-0.2, -0.15) is 0 Å². The zero-order chi connectivity index (χ0) is 11.6. The molecular formula is C13H18Br2S. The average molecular weight is 366 g/mol. The van der Waals surface area contributed by atoms with Crippen LogP contribution in [0.15, 0.2) is 33.6 Å². The molecule has 1 aromatic rings. The van der Waals surface area contributed by atoms with Crippen LogP contribution in [0.1, 0.15) is 32.1 Å². The molecule has 0 saturated carbocycles. The first-order valence-corrected chi connectivity index (χ1v) is 8.67. The van der Waals surface area contributed by atoms with Crippen LogP contribution >= 0.6 is 43.6 Å². The third-order valence-electron chi connectivity index (χ3n) is 2.36. The zero-order valence-electron chi connectivity index (χ0n) is 9.42. The highest BCUT2D eigenvalue weighted by Crippen LogP contribution is 2.22. The molecule has 0 aliphatic heterocycles. The predicted molar refractivity (Wildman–Crippen MR) is 81.7 cm³/mol. The van der Waals surface area contributed by atoms with Crippen LogP contribution in [-0.4, -0.2) is 11.1 Å². The van der Waals surface area contributed by atoms with E-state index in [-0.39, 0.29) is 0 Å². The Morgan fingerprint density at radius 3 is 2.19 bits per heavy atom. The second-order valence-electron chi connectivity index (χ2n) is 3.76. The van der Waals surface area contributed by atoms with Crippen molar-refractivity contribution in [1.29, 1.82) is 0 Å². The molecule has 0 nitrogen and oxygen atoms in total. The van der Waals surface area contributed by atoms with E-state index in [0.717, 1.165) is 9.80 Å². The molecule has 0 bridgehead atoms. The summed E-state index contributed by atoms with van der Waals surface area (Å²) >= 11 is 8.87. The Labute approximate surface area is 120 Å². The van der Waals surface area contributed by atoms with Gasteiger partial charge >= 0.3 is 0 Å². The molecule has 3 heteroatoms. The van der Waals surface area contributed by atoms with Gasteiger partial charge in [0.25, 0.3) is 0 Å². The van der Waals surface area contributed by atoms with Gasteiger partial charge in [0.15, 0.2) is 0 Å². The maximum Gasteiger partial charge on any atom is 0.0176 e. The Balaban J connectivity index is 2.01. The van der Waals surface area contributed by atoms with E-state index in [4.69, 9.17) is 0 Å². The Bertz CT molecular complexity index is 272. The smallest absolute Gasteiger partial charge is 0.0176 e. The van der Waals surface area contributed by atoms with Gasteiger partial charge in [0.2, 0.25) is 0 Å². The van der Waals surface area contributed by atoms with Crippen molar-refractivity contribution in [2.45, 2.75) is 37.0 Å². The van der Waals surface area contributed by atoms with Gasteiger partial charge in [0, 0.05) is 14.7 Å². The third kappa shape index (κ3) is 6.97. The molecule has 0 N–H and O–H groups in total. The first-order valence-electron chi connectivity index (χ1n) is 5.77. The lowest BCUT2D eigenvalue weighted by molar-refractivity contribution is 0.664. The molecule has 0 radical (unpaired) electrons. The summed E-state index contributed by atoms with van der Waals surface area (Å²) in [6.45, 7) is 0. The van der Waals surface area contributed by atoms with Gasteiger partial charge in [0.1, 0.15) is 0 Å². The summed E-state index contributed by atoms with van der Waals surface area (Å²) in [6.07, 6.45) is 6.78. The lowest BCUT2D eigenvalue weighted by Crippen LogP contribution is -1.83. The number of halogens is 2. The lowest BCUT2D eigenvalue weighted by atomic mass is 10.2. The quantitative estimate of drug-likeness (QED) is 0.314. The van der Waals surface area contributed by atoms with Crippen molar-refractivity contribution in [2.24, 2.45) is 0 Å². The molecule has 0 aromatic heterocycles.